The van der Waals surface area contributed by atoms with Crippen molar-refractivity contribution in [3.63, 3.8) is 0 Å². The summed E-state index contributed by atoms with van der Waals surface area (Å²) in [5.74, 6) is 1.64. The molecule has 1 aliphatic heterocycles. The van der Waals surface area contributed by atoms with Crippen molar-refractivity contribution >= 4 is 59.5 Å². The third kappa shape index (κ3) is 3.38. The molecule has 5 aromatic carbocycles. The lowest BCUT2D eigenvalue weighted by Gasteiger charge is -2.34. The normalized spacial score (nSPS) is 17.6. The highest BCUT2D eigenvalue weighted by molar-refractivity contribution is 7.25. The number of rotatable bonds is 3. The second-order valence-electron chi connectivity index (χ2n) is 11.4. The van der Waals surface area contributed by atoms with Gasteiger partial charge >= 0.3 is 0 Å². The molecule has 200 valence electrons. The molecule has 0 bridgehead atoms. The lowest BCUT2D eigenvalue weighted by atomic mass is 9.87. The molecule has 0 N–H and O–H groups in total. The molecule has 0 saturated heterocycles. The monoisotopic (exact) mass is 556 g/mol. The van der Waals surface area contributed by atoms with Gasteiger partial charge in [-0.25, -0.2) is 0 Å². The summed E-state index contributed by atoms with van der Waals surface area (Å²) in [6, 6.07) is 44.8. The van der Waals surface area contributed by atoms with Gasteiger partial charge in [-0.05, 0) is 71.1 Å². The van der Waals surface area contributed by atoms with Crippen LogP contribution >= 0.6 is 11.3 Å². The van der Waals surface area contributed by atoms with Crippen LogP contribution in [0.5, 0.6) is 0 Å². The Morgan fingerprint density at radius 1 is 0.619 bits per heavy atom. The van der Waals surface area contributed by atoms with E-state index in [2.05, 4.69) is 156 Å². The van der Waals surface area contributed by atoms with Crippen molar-refractivity contribution in [2.75, 3.05) is 4.90 Å². The molecule has 2 nitrogen and oxygen atoms in total. The molecule has 0 spiro atoms. The molecule has 0 radical (unpaired) electrons. The van der Waals surface area contributed by atoms with Crippen LogP contribution in [0.3, 0.4) is 0 Å². The van der Waals surface area contributed by atoms with E-state index in [1.807, 2.05) is 11.3 Å². The van der Waals surface area contributed by atoms with Crippen molar-refractivity contribution in [1.82, 2.24) is 4.57 Å². The lowest BCUT2D eigenvalue weighted by molar-refractivity contribution is 0.632. The molecule has 1 aliphatic carbocycles. The van der Waals surface area contributed by atoms with Crippen LogP contribution in [0, 0.1) is 5.92 Å². The maximum absolute atomic E-state index is 2.59. The van der Waals surface area contributed by atoms with Gasteiger partial charge in [0.1, 0.15) is 5.82 Å². The minimum atomic E-state index is 0.249. The van der Waals surface area contributed by atoms with Gasteiger partial charge in [0.15, 0.2) is 0 Å². The van der Waals surface area contributed by atoms with Crippen molar-refractivity contribution < 1.29 is 0 Å². The van der Waals surface area contributed by atoms with Crippen molar-refractivity contribution in [2.45, 2.75) is 13.0 Å². The fourth-order valence-electron chi connectivity index (χ4n) is 7.14. The van der Waals surface area contributed by atoms with Crippen LogP contribution in [0.15, 0.2) is 140 Å². The second-order valence-corrected chi connectivity index (χ2v) is 12.5. The third-order valence-corrected chi connectivity index (χ3v) is 10.2. The topological polar surface area (TPSA) is 8.17 Å². The lowest BCUT2D eigenvalue weighted by Crippen LogP contribution is -2.34. The van der Waals surface area contributed by atoms with Crippen molar-refractivity contribution in [3.8, 4) is 16.8 Å². The quantitative estimate of drug-likeness (QED) is 0.210. The minimum absolute atomic E-state index is 0.249. The first-order valence-electron chi connectivity index (χ1n) is 14.6. The fraction of sp³-hybridized carbons (Fsp3) is 0.0769. The van der Waals surface area contributed by atoms with Crippen LogP contribution in [0.25, 0.3) is 53.5 Å². The zero-order chi connectivity index (χ0) is 27.8. The molecular weight excluding hydrogens is 529 g/mol. The molecule has 9 rings (SSSR count). The van der Waals surface area contributed by atoms with Crippen LogP contribution in [0.2, 0.25) is 0 Å². The zero-order valence-electron chi connectivity index (χ0n) is 23.2. The number of nitrogens with zero attached hydrogens (tertiary/aromatic N) is 2. The summed E-state index contributed by atoms with van der Waals surface area (Å²) in [4.78, 5) is 2.59. The Labute approximate surface area is 249 Å². The Balaban J connectivity index is 1.22. The molecule has 2 unspecified atom stereocenters. The summed E-state index contributed by atoms with van der Waals surface area (Å²) in [6.07, 6.45) is 6.92. The number of anilines is 2. The molecule has 2 aromatic heterocycles. The number of benzene rings is 5. The van der Waals surface area contributed by atoms with E-state index < -0.39 is 0 Å². The molecule has 0 amide bonds. The standard InChI is InChI=1S/C39H28N2S/c1-25-10-9-15-32-37-31-14-5-7-16-34(31)40(28-11-3-2-4-12-28)39(37)41(38(25)32)29-21-18-26(19-22-29)27-20-23-36-33(24-27)30-13-6-8-17-35(30)42-36/h2-25,38H,1H3. The SMILES string of the molecule is CC1C=CC=C2c3c(n(-c4ccccc4)c4ccccc34)N(c3ccc(-c4ccc5sc6ccccc6c5c4)cc3)C21. The Morgan fingerprint density at radius 3 is 2.19 bits per heavy atom. The summed E-state index contributed by atoms with van der Waals surface area (Å²) in [5.41, 5.74) is 8.91. The summed E-state index contributed by atoms with van der Waals surface area (Å²) in [7, 11) is 0. The van der Waals surface area contributed by atoms with Gasteiger partial charge in [0.2, 0.25) is 0 Å². The fourth-order valence-corrected chi connectivity index (χ4v) is 8.23. The van der Waals surface area contributed by atoms with Gasteiger partial charge < -0.3 is 4.90 Å². The minimum Gasteiger partial charge on any atom is -0.319 e. The first kappa shape index (κ1) is 23.8. The number of hydrogen-bond donors (Lipinski definition) is 0. The van der Waals surface area contributed by atoms with E-state index >= 15 is 0 Å². The molecular formula is C39H28N2S. The number of allylic oxidation sites excluding steroid dienone is 2. The number of fused-ring (bicyclic) bond motifs is 8. The average molecular weight is 557 g/mol. The third-order valence-electron chi connectivity index (χ3n) is 9.02. The van der Waals surface area contributed by atoms with E-state index in [0.29, 0.717) is 5.92 Å². The smallest absolute Gasteiger partial charge is 0.127 e. The van der Waals surface area contributed by atoms with Crippen LogP contribution < -0.4 is 4.90 Å². The van der Waals surface area contributed by atoms with Crippen LogP contribution in [0.1, 0.15) is 12.5 Å². The number of hydrogen-bond acceptors (Lipinski definition) is 2. The van der Waals surface area contributed by atoms with Crippen LogP contribution in [-0.4, -0.2) is 10.6 Å². The van der Waals surface area contributed by atoms with Crippen molar-refractivity contribution in [2.24, 2.45) is 5.92 Å². The molecule has 0 fully saturated rings. The Kier molecular flexibility index (Phi) is 5.14. The first-order valence-corrected chi connectivity index (χ1v) is 15.5. The maximum atomic E-state index is 2.59. The van der Waals surface area contributed by atoms with Crippen LogP contribution in [-0.2, 0) is 0 Å². The van der Waals surface area contributed by atoms with E-state index in [9.17, 15) is 0 Å². The van der Waals surface area contributed by atoms with Gasteiger partial charge in [-0.2, -0.15) is 0 Å². The van der Waals surface area contributed by atoms with Gasteiger partial charge in [-0.1, -0.05) is 97.9 Å². The number of aromatic nitrogens is 1. The molecule has 2 atom stereocenters. The van der Waals surface area contributed by atoms with E-state index in [1.54, 1.807) is 0 Å². The van der Waals surface area contributed by atoms with Gasteiger partial charge in [0.25, 0.3) is 0 Å². The molecule has 2 aliphatic rings. The summed E-state index contributed by atoms with van der Waals surface area (Å²) in [6.45, 7) is 2.34. The first-order chi connectivity index (χ1) is 20.8. The highest BCUT2D eigenvalue weighted by Crippen LogP contribution is 2.53. The highest BCUT2D eigenvalue weighted by atomic mass is 32.1. The van der Waals surface area contributed by atoms with Gasteiger partial charge in [0.05, 0.1) is 11.6 Å². The summed E-state index contributed by atoms with van der Waals surface area (Å²) >= 11 is 1.87. The predicted molar refractivity (Wildman–Crippen MR) is 180 cm³/mol. The Bertz CT molecular complexity index is 2210. The Morgan fingerprint density at radius 2 is 1.33 bits per heavy atom. The summed E-state index contributed by atoms with van der Waals surface area (Å²) < 4.78 is 5.15. The molecule has 0 saturated carbocycles. The Hall–Kier alpha value is -4.86. The van der Waals surface area contributed by atoms with Gasteiger partial charge in [0, 0.05) is 42.5 Å². The molecule has 7 aromatic rings. The summed E-state index contributed by atoms with van der Waals surface area (Å²) in [5, 5.41) is 3.99. The average Bonchev–Trinajstić information content (AvgIpc) is 3.69. The van der Waals surface area contributed by atoms with E-state index in [-0.39, 0.29) is 6.04 Å². The predicted octanol–water partition coefficient (Wildman–Crippen LogP) is 10.8. The van der Waals surface area contributed by atoms with Crippen LogP contribution in [0.4, 0.5) is 11.5 Å². The molecule has 42 heavy (non-hydrogen) atoms. The number of thiophene rings is 1. The van der Waals surface area contributed by atoms with E-state index in [0.717, 1.165) is 0 Å². The molecule has 3 heteroatoms. The number of para-hydroxylation sites is 2. The van der Waals surface area contributed by atoms with E-state index in [4.69, 9.17) is 0 Å². The van der Waals surface area contributed by atoms with Gasteiger partial charge in [-0.15, -0.1) is 11.3 Å². The van der Waals surface area contributed by atoms with Gasteiger partial charge in [-0.3, -0.25) is 4.57 Å². The van der Waals surface area contributed by atoms with Crippen molar-refractivity contribution in [1.29, 1.82) is 0 Å². The van der Waals surface area contributed by atoms with E-state index in [1.165, 1.54) is 70.5 Å². The van der Waals surface area contributed by atoms with Crippen molar-refractivity contribution in [3.05, 3.63) is 145 Å². The second kappa shape index (κ2) is 9.07. The zero-order valence-corrected chi connectivity index (χ0v) is 24.1. The largest absolute Gasteiger partial charge is 0.319 e. The molecule has 3 heterocycles. The highest BCUT2D eigenvalue weighted by Gasteiger charge is 2.42. The maximum Gasteiger partial charge on any atom is 0.127 e.